The first-order chi connectivity index (χ1) is 11.8. The number of amides is 2. The molecule has 1 atom stereocenters. The van der Waals surface area contributed by atoms with Crippen molar-refractivity contribution in [1.29, 1.82) is 0 Å². The topological polar surface area (TPSA) is 153 Å². The Morgan fingerprint density at radius 1 is 1.04 bits per heavy atom. The molecular formula is C16H24N4O5. The van der Waals surface area contributed by atoms with E-state index in [4.69, 9.17) is 11.5 Å². The Morgan fingerprint density at radius 3 is 2.08 bits per heavy atom. The van der Waals surface area contributed by atoms with Crippen LogP contribution in [0.3, 0.4) is 0 Å². The van der Waals surface area contributed by atoms with E-state index in [1.54, 1.807) is 4.90 Å². The second-order valence-corrected chi connectivity index (χ2v) is 6.07. The molecule has 1 saturated heterocycles. The van der Waals surface area contributed by atoms with E-state index in [0.29, 0.717) is 45.6 Å². The summed E-state index contributed by atoms with van der Waals surface area (Å²) in [5.41, 5.74) is 11.2. The summed E-state index contributed by atoms with van der Waals surface area (Å²) in [6.45, 7) is 1.82. The molecule has 7 N–H and O–H groups in total. The highest BCUT2D eigenvalue weighted by molar-refractivity contribution is 5.95. The van der Waals surface area contributed by atoms with Crippen LogP contribution in [0.25, 0.3) is 0 Å². The lowest BCUT2D eigenvalue weighted by Crippen LogP contribution is -2.50. The molecule has 0 aliphatic carbocycles. The van der Waals surface area contributed by atoms with Gasteiger partial charge >= 0.3 is 0 Å². The molecule has 1 aliphatic rings. The normalized spacial score (nSPS) is 15.9. The molecule has 9 heteroatoms. The van der Waals surface area contributed by atoms with Crippen molar-refractivity contribution >= 4 is 11.8 Å². The average molecular weight is 352 g/mol. The lowest BCUT2D eigenvalue weighted by atomic mass is 10.1. The van der Waals surface area contributed by atoms with E-state index >= 15 is 0 Å². The Morgan fingerprint density at radius 2 is 1.56 bits per heavy atom. The smallest absolute Gasteiger partial charge is 0.254 e. The minimum Gasteiger partial charge on any atom is -0.504 e. The first-order valence-electron chi connectivity index (χ1n) is 8.11. The number of aromatic hydroxyl groups is 3. The van der Waals surface area contributed by atoms with Crippen LogP contribution < -0.4 is 11.5 Å². The monoisotopic (exact) mass is 352 g/mol. The second-order valence-electron chi connectivity index (χ2n) is 6.07. The molecule has 9 nitrogen and oxygen atoms in total. The molecule has 0 aromatic heterocycles. The molecule has 0 bridgehead atoms. The Balaban J connectivity index is 1.91. The molecular weight excluding hydrogens is 328 g/mol. The van der Waals surface area contributed by atoms with E-state index in [9.17, 15) is 24.9 Å². The zero-order valence-corrected chi connectivity index (χ0v) is 13.9. The minimum absolute atomic E-state index is 0.0177. The van der Waals surface area contributed by atoms with Crippen LogP contribution in [0.5, 0.6) is 17.2 Å². The van der Waals surface area contributed by atoms with E-state index in [1.165, 1.54) is 4.90 Å². The van der Waals surface area contributed by atoms with Crippen molar-refractivity contribution in [3.63, 3.8) is 0 Å². The van der Waals surface area contributed by atoms with Crippen molar-refractivity contribution in [2.75, 3.05) is 32.7 Å². The summed E-state index contributed by atoms with van der Waals surface area (Å²) in [5, 5.41) is 28.4. The lowest BCUT2D eigenvalue weighted by Gasteiger charge is -2.35. The molecule has 138 valence electrons. The van der Waals surface area contributed by atoms with Gasteiger partial charge in [0.25, 0.3) is 5.91 Å². The maximum Gasteiger partial charge on any atom is 0.254 e. The van der Waals surface area contributed by atoms with Crippen LogP contribution in [0.1, 0.15) is 23.2 Å². The molecule has 1 unspecified atom stereocenters. The van der Waals surface area contributed by atoms with E-state index in [2.05, 4.69) is 0 Å². The summed E-state index contributed by atoms with van der Waals surface area (Å²) in [4.78, 5) is 27.8. The molecule has 2 amide bonds. The summed E-state index contributed by atoms with van der Waals surface area (Å²) in [5.74, 6) is -2.19. The predicted octanol–water partition coefficient (Wildman–Crippen LogP) is -0.846. The van der Waals surface area contributed by atoms with Gasteiger partial charge < -0.3 is 36.6 Å². The molecule has 1 aromatic carbocycles. The third-order valence-electron chi connectivity index (χ3n) is 4.27. The number of carbonyl (C=O) groups is 2. The van der Waals surface area contributed by atoms with Gasteiger partial charge in [-0.05, 0) is 18.6 Å². The van der Waals surface area contributed by atoms with Gasteiger partial charge in [-0.25, -0.2) is 0 Å². The maximum atomic E-state index is 12.4. The van der Waals surface area contributed by atoms with Gasteiger partial charge in [-0.15, -0.1) is 0 Å². The zero-order chi connectivity index (χ0) is 18.6. The van der Waals surface area contributed by atoms with Gasteiger partial charge in [0.15, 0.2) is 17.2 Å². The Hall–Kier alpha value is -2.52. The van der Waals surface area contributed by atoms with Crippen LogP contribution >= 0.6 is 0 Å². The molecule has 1 aliphatic heterocycles. The number of hydrogen-bond acceptors (Lipinski definition) is 7. The summed E-state index contributed by atoms with van der Waals surface area (Å²) in [6, 6.07) is 2.01. The number of phenolic OH excluding ortho intramolecular Hbond substituents is 3. The number of nitrogens with zero attached hydrogens (tertiary/aromatic N) is 2. The second kappa shape index (κ2) is 8.04. The predicted molar refractivity (Wildman–Crippen MR) is 90.2 cm³/mol. The number of benzene rings is 1. The van der Waals surface area contributed by atoms with E-state index in [1.807, 2.05) is 0 Å². The van der Waals surface area contributed by atoms with Gasteiger partial charge in [-0.1, -0.05) is 0 Å². The molecule has 0 spiro atoms. The van der Waals surface area contributed by atoms with Crippen LogP contribution in [0.2, 0.25) is 0 Å². The van der Waals surface area contributed by atoms with E-state index in [-0.39, 0.29) is 23.4 Å². The third kappa shape index (κ3) is 4.52. The van der Waals surface area contributed by atoms with E-state index in [0.717, 1.165) is 12.1 Å². The first-order valence-corrected chi connectivity index (χ1v) is 8.11. The summed E-state index contributed by atoms with van der Waals surface area (Å²) >= 11 is 0. The van der Waals surface area contributed by atoms with Gasteiger partial charge in [0.2, 0.25) is 5.91 Å². The average Bonchev–Trinajstić information content (AvgIpc) is 2.62. The molecule has 1 fully saturated rings. The number of hydrogen-bond donors (Lipinski definition) is 5. The lowest BCUT2D eigenvalue weighted by molar-refractivity contribution is -0.132. The minimum atomic E-state index is -0.664. The van der Waals surface area contributed by atoms with Gasteiger partial charge in [0.05, 0.1) is 0 Å². The quantitative estimate of drug-likeness (QED) is 0.433. The van der Waals surface area contributed by atoms with Gasteiger partial charge in [0.1, 0.15) is 0 Å². The van der Waals surface area contributed by atoms with E-state index < -0.39 is 17.2 Å². The molecule has 0 radical (unpaired) electrons. The Kier molecular flexibility index (Phi) is 6.05. The van der Waals surface area contributed by atoms with Crippen LogP contribution in [0.4, 0.5) is 0 Å². The number of phenols is 3. The maximum absolute atomic E-state index is 12.4. The number of rotatable bonds is 5. The fraction of sp³-hybridized carbons (Fsp3) is 0.500. The van der Waals surface area contributed by atoms with Crippen molar-refractivity contribution in [3.8, 4) is 17.2 Å². The largest absolute Gasteiger partial charge is 0.504 e. The molecule has 1 aromatic rings. The van der Waals surface area contributed by atoms with Crippen LogP contribution in [-0.2, 0) is 4.79 Å². The highest BCUT2D eigenvalue weighted by Crippen LogP contribution is 2.35. The van der Waals surface area contributed by atoms with Gasteiger partial charge in [0, 0.05) is 50.7 Å². The first kappa shape index (κ1) is 18.8. The fourth-order valence-electron chi connectivity index (χ4n) is 2.65. The van der Waals surface area contributed by atoms with Gasteiger partial charge in [-0.3, -0.25) is 9.59 Å². The van der Waals surface area contributed by atoms with Crippen molar-refractivity contribution in [3.05, 3.63) is 17.7 Å². The van der Waals surface area contributed by atoms with Crippen molar-refractivity contribution < 1.29 is 24.9 Å². The summed E-state index contributed by atoms with van der Waals surface area (Å²) in [7, 11) is 0. The number of piperazine rings is 1. The molecule has 0 saturated carbocycles. The standard InChI is InChI=1S/C16H24N4O5/c17-9-11(18)1-2-14(23)19-3-5-20(6-4-19)16(25)10-7-12(21)15(24)13(22)8-10/h7-8,11,21-22,24H,1-6,9,17-18H2. The fourth-order valence-corrected chi connectivity index (χ4v) is 2.65. The van der Waals surface area contributed by atoms with Crippen molar-refractivity contribution in [1.82, 2.24) is 9.80 Å². The summed E-state index contributed by atoms with van der Waals surface area (Å²) in [6.07, 6.45) is 0.854. The van der Waals surface area contributed by atoms with Crippen LogP contribution in [0.15, 0.2) is 12.1 Å². The van der Waals surface area contributed by atoms with Crippen molar-refractivity contribution in [2.45, 2.75) is 18.9 Å². The summed E-state index contributed by atoms with van der Waals surface area (Å²) < 4.78 is 0. The molecule has 2 rings (SSSR count). The van der Waals surface area contributed by atoms with Crippen molar-refractivity contribution in [2.24, 2.45) is 11.5 Å². The zero-order valence-electron chi connectivity index (χ0n) is 13.9. The Bertz CT molecular complexity index is 620. The Labute approximate surface area is 145 Å². The highest BCUT2D eigenvalue weighted by atomic mass is 16.3. The van der Waals surface area contributed by atoms with Crippen LogP contribution in [0, 0.1) is 0 Å². The SMILES string of the molecule is NCC(N)CCC(=O)N1CCN(C(=O)c2cc(O)c(O)c(O)c2)CC1. The molecule has 1 heterocycles. The highest BCUT2D eigenvalue weighted by Gasteiger charge is 2.26. The number of nitrogens with two attached hydrogens (primary N) is 2. The van der Waals surface area contributed by atoms with Crippen LogP contribution in [-0.4, -0.2) is 75.7 Å². The number of carbonyl (C=O) groups excluding carboxylic acids is 2. The third-order valence-corrected chi connectivity index (χ3v) is 4.27. The van der Waals surface area contributed by atoms with Gasteiger partial charge in [-0.2, -0.15) is 0 Å². The molecule has 25 heavy (non-hydrogen) atoms.